The summed E-state index contributed by atoms with van der Waals surface area (Å²) in [5.74, 6) is 0.434. The molecular weight excluding hydrogens is 500 g/mol. The molecule has 0 fully saturated rings. The number of carbonyl (C=O) groups is 1. The van der Waals surface area contributed by atoms with Crippen LogP contribution >= 0.6 is 0 Å². The van der Waals surface area contributed by atoms with Gasteiger partial charge in [0.15, 0.2) is 6.10 Å². The Bertz CT molecular complexity index is 1280. The van der Waals surface area contributed by atoms with Crippen LogP contribution < -0.4 is 4.74 Å². The normalized spacial score (nSPS) is 14.7. The first-order valence-corrected chi connectivity index (χ1v) is 14.6. The summed E-state index contributed by atoms with van der Waals surface area (Å²) >= 11 is 0. The third-order valence-electron chi connectivity index (χ3n) is 7.16. The molecule has 0 aliphatic heterocycles. The molecule has 5 nitrogen and oxygen atoms in total. The SMILES string of the molecule is CCCc1ccc2c(c1)C(OCCOc1ccc(CC(OCC)C(=O)OCC)cc1)c1ccc(CC)cc1C=C2. The summed E-state index contributed by atoms with van der Waals surface area (Å²) in [6, 6.07) is 21.2. The van der Waals surface area contributed by atoms with Crippen molar-refractivity contribution in [2.24, 2.45) is 0 Å². The fourth-order valence-electron chi connectivity index (χ4n) is 5.11. The van der Waals surface area contributed by atoms with Crippen LogP contribution in [0.2, 0.25) is 0 Å². The van der Waals surface area contributed by atoms with E-state index in [0.29, 0.717) is 32.8 Å². The Kier molecular flexibility index (Phi) is 11.0. The molecule has 0 saturated carbocycles. The van der Waals surface area contributed by atoms with Crippen LogP contribution in [0.25, 0.3) is 12.2 Å². The molecule has 2 unspecified atom stereocenters. The van der Waals surface area contributed by atoms with Gasteiger partial charge in [-0.2, -0.15) is 0 Å². The van der Waals surface area contributed by atoms with Crippen LogP contribution in [0.1, 0.15) is 79.2 Å². The maximum absolute atomic E-state index is 12.2. The van der Waals surface area contributed by atoms with Crippen LogP contribution in [0.4, 0.5) is 0 Å². The monoisotopic (exact) mass is 542 g/mol. The van der Waals surface area contributed by atoms with Gasteiger partial charge >= 0.3 is 5.97 Å². The molecule has 3 aromatic rings. The number of fused-ring (bicyclic) bond motifs is 2. The van der Waals surface area contributed by atoms with Gasteiger partial charge in [-0.1, -0.05) is 81.0 Å². The molecule has 40 heavy (non-hydrogen) atoms. The highest BCUT2D eigenvalue weighted by Crippen LogP contribution is 2.36. The Morgan fingerprint density at radius 3 is 2.25 bits per heavy atom. The standard InChI is InChI=1S/C35H42O5/c1-5-9-26-10-14-28-15-16-29-22-25(6-2)13-19-31(29)34(32(28)23-26)40-21-20-39-30-17-11-27(12-18-30)24-33(37-7-3)35(36)38-8-4/h10-19,22-23,33-34H,5-9,20-21,24H2,1-4H3. The second kappa shape index (κ2) is 14.8. The van der Waals surface area contributed by atoms with Gasteiger partial charge in [0.05, 0.1) is 13.2 Å². The third-order valence-corrected chi connectivity index (χ3v) is 7.16. The van der Waals surface area contributed by atoms with Crippen LogP contribution in [0, 0.1) is 0 Å². The number of benzene rings is 3. The van der Waals surface area contributed by atoms with E-state index in [1.807, 2.05) is 31.2 Å². The fraction of sp³-hybridized carbons (Fsp3) is 0.400. The Balaban J connectivity index is 1.42. The van der Waals surface area contributed by atoms with Crippen LogP contribution in [-0.2, 0) is 38.3 Å². The number of hydrogen-bond acceptors (Lipinski definition) is 5. The predicted molar refractivity (Wildman–Crippen MR) is 161 cm³/mol. The predicted octanol–water partition coefficient (Wildman–Crippen LogP) is 7.38. The Morgan fingerprint density at radius 2 is 1.52 bits per heavy atom. The lowest BCUT2D eigenvalue weighted by Gasteiger charge is -2.22. The summed E-state index contributed by atoms with van der Waals surface area (Å²) in [7, 11) is 0. The van der Waals surface area contributed by atoms with E-state index in [4.69, 9.17) is 18.9 Å². The topological polar surface area (TPSA) is 54.0 Å². The summed E-state index contributed by atoms with van der Waals surface area (Å²) in [6.07, 6.45) is 7.29. The zero-order valence-electron chi connectivity index (χ0n) is 24.3. The first kappa shape index (κ1) is 29.6. The second-order valence-electron chi connectivity index (χ2n) is 10.0. The van der Waals surface area contributed by atoms with Gasteiger partial charge in [-0.15, -0.1) is 0 Å². The highest BCUT2D eigenvalue weighted by molar-refractivity contribution is 5.77. The van der Waals surface area contributed by atoms with Gasteiger partial charge in [0.25, 0.3) is 0 Å². The minimum atomic E-state index is -0.601. The van der Waals surface area contributed by atoms with Crippen molar-refractivity contribution in [3.63, 3.8) is 0 Å². The van der Waals surface area contributed by atoms with Gasteiger partial charge in [0, 0.05) is 13.0 Å². The molecule has 0 amide bonds. The van der Waals surface area contributed by atoms with E-state index in [9.17, 15) is 4.79 Å². The summed E-state index contributed by atoms with van der Waals surface area (Å²) in [6.45, 7) is 9.75. The first-order valence-electron chi connectivity index (χ1n) is 14.6. The van der Waals surface area contributed by atoms with Crippen LogP contribution in [0.15, 0.2) is 60.7 Å². The second-order valence-corrected chi connectivity index (χ2v) is 10.0. The van der Waals surface area contributed by atoms with Crippen molar-refractivity contribution in [1.29, 1.82) is 0 Å². The van der Waals surface area contributed by atoms with Gasteiger partial charge in [0.2, 0.25) is 0 Å². The van der Waals surface area contributed by atoms with E-state index in [2.05, 4.69) is 62.4 Å². The van der Waals surface area contributed by atoms with E-state index in [-0.39, 0.29) is 12.1 Å². The molecule has 0 bridgehead atoms. The molecule has 212 valence electrons. The van der Waals surface area contributed by atoms with E-state index < -0.39 is 6.10 Å². The Hall–Kier alpha value is -3.41. The lowest BCUT2D eigenvalue weighted by atomic mass is 9.93. The highest BCUT2D eigenvalue weighted by atomic mass is 16.6. The molecule has 4 rings (SSSR count). The number of aryl methyl sites for hydroxylation is 2. The largest absolute Gasteiger partial charge is 0.491 e. The van der Waals surface area contributed by atoms with Gasteiger partial charge in [-0.05, 0) is 77.8 Å². The molecule has 0 saturated heterocycles. The summed E-state index contributed by atoms with van der Waals surface area (Å²) < 4.78 is 23.3. The number of rotatable bonds is 14. The lowest BCUT2D eigenvalue weighted by Crippen LogP contribution is -2.28. The van der Waals surface area contributed by atoms with Crippen molar-refractivity contribution in [3.8, 4) is 5.75 Å². The van der Waals surface area contributed by atoms with Gasteiger partial charge < -0.3 is 18.9 Å². The van der Waals surface area contributed by atoms with E-state index >= 15 is 0 Å². The van der Waals surface area contributed by atoms with Gasteiger partial charge in [-0.25, -0.2) is 4.79 Å². The molecule has 0 spiro atoms. The van der Waals surface area contributed by atoms with Crippen molar-refractivity contribution in [2.75, 3.05) is 26.4 Å². The van der Waals surface area contributed by atoms with E-state index in [1.54, 1.807) is 6.92 Å². The molecule has 0 N–H and O–H groups in total. The maximum atomic E-state index is 12.2. The van der Waals surface area contributed by atoms with Gasteiger partial charge in [-0.3, -0.25) is 0 Å². The zero-order chi connectivity index (χ0) is 28.3. The zero-order valence-corrected chi connectivity index (χ0v) is 24.3. The number of ether oxygens (including phenoxy) is 4. The highest BCUT2D eigenvalue weighted by Gasteiger charge is 2.23. The average molecular weight is 543 g/mol. The number of carbonyl (C=O) groups excluding carboxylic acids is 1. The van der Waals surface area contributed by atoms with Gasteiger partial charge in [0.1, 0.15) is 18.5 Å². The first-order chi connectivity index (χ1) is 19.6. The average Bonchev–Trinajstić information content (AvgIpc) is 3.12. The minimum Gasteiger partial charge on any atom is -0.491 e. The minimum absolute atomic E-state index is 0.160. The smallest absolute Gasteiger partial charge is 0.335 e. The van der Waals surface area contributed by atoms with Crippen molar-refractivity contribution in [1.82, 2.24) is 0 Å². The molecule has 2 atom stereocenters. The lowest BCUT2D eigenvalue weighted by molar-refractivity contribution is -0.156. The summed E-state index contributed by atoms with van der Waals surface area (Å²) in [4.78, 5) is 12.2. The summed E-state index contributed by atoms with van der Waals surface area (Å²) in [5, 5.41) is 0. The molecule has 0 aromatic heterocycles. The van der Waals surface area contributed by atoms with Crippen LogP contribution in [0.5, 0.6) is 5.75 Å². The van der Waals surface area contributed by atoms with E-state index in [0.717, 1.165) is 30.6 Å². The van der Waals surface area contributed by atoms with Crippen LogP contribution in [-0.4, -0.2) is 38.5 Å². The summed E-state index contributed by atoms with van der Waals surface area (Å²) in [5.41, 5.74) is 8.45. The Labute approximate surface area is 239 Å². The van der Waals surface area contributed by atoms with Crippen molar-refractivity contribution < 1.29 is 23.7 Å². The molecule has 1 aliphatic rings. The van der Waals surface area contributed by atoms with E-state index in [1.165, 1.54) is 33.4 Å². The molecule has 0 heterocycles. The van der Waals surface area contributed by atoms with Crippen molar-refractivity contribution in [3.05, 3.63) is 99.6 Å². The Morgan fingerprint density at radius 1 is 0.775 bits per heavy atom. The van der Waals surface area contributed by atoms with Crippen LogP contribution in [0.3, 0.4) is 0 Å². The molecule has 0 radical (unpaired) electrons. The van der Waals surface area contributed by atoms with Crippen molar-refractivity contribution >= 4 is 18.1 Å². The molecule has 3 aromatic carbocycles. The molecular formula is C35H42O5. The number of esters is 1. The molecule has 5 heteroatoms. The maximum Gasteiger partial charge on any atom is 0.335 e. The quantitative estimate of drug-likeness (QED) is 0.157. The molecule has 1 aliphatic carbocycles. The number of hydrogen-bond donors (Lipinski definition) is 0. The fourth-order valence-corrected chi connectivity index (χ4v) is 5.11. The third kappa shape index (κ3) is 7.61. The van der Waals surface area contributed by atoms with Crippen molar-refractivity contribution in [2.45, 2.75) is 65.6 Å².